The van der Waals surface area contributed by atoms with Crippen LogP contribution in [0.15, 0.2) is 10.2 Å². The third-order valence-corrected chi connectivity index (χ3v) is 2.77. The lowest BCUT2D eigenvalue weighted by molar-refractivity contribution is -0.138. The first-order chi connectivity index (χ1) is 6.20. The maximum absolute atomic E-state index is 11.2. The van der Waals surface area contributed by atoms with Gasteiger partial charge in [-0.25, -0.2) is 4.85 Å². The second-order valence-electron chi connectivity index (χ2n) is 2.80. The van der Waals surface area contributed by atoms with Gasteiger partial charge < -0.3 is 4.74 Å². The predicted octanol–water partition coefficient (Wildman–Crippen LogP) is 2.49. The summed E-state index contributed by atoms with van der Waals surface area (Å²) in [4.78, 5) is 14.4. The highest BCUT2D eigenvalue weighted by Crippen LogP contribution is 2.41. The summed E-state index contributed by atoms with van der Waals surface area (Å²) in [5.41, 5.74) is 0.101. The Labute approximate surface area is 85.7 Å². The van der Waals surface area contributed by atoms with Crippen LogP contribution in [0.1, 0.15) is 19.8 Å². The number of esters is 1. The summed E-state index contributed by atoms with van der Waals surface area (Å²) in [6.07, 6.45) is 2.11. The summed E-state index contributed by atoms with van der Waals surface area (Å²) in [5, 5.41) is 0. The van der Waals surface area contributed by atoms with E-state index in [0.29, 0.717) is 17.0 Å². The number of rotatable bonds is 3. The van der Waals surface area contributed by atoms with Crippen molar-refractivity contribution >= 4 is 21.9 Å². The lowest BCUT2D eigenvalue weighted by Crippen LogP contribution is -2.06. The van der Waals surface area contributed by atoms with Crippen LogP contribution in [0.25, 0.3) is 4.85 Å². The highest BCUT2D eigenvalue weighted by molar-refractivity contribution is 9.11. The molecule has 0 bridgehead atoms. The Hall–Kier alpha value is -0.820. The van der Waals surface area contributed by atoms with Crippen LogP contribution in [-0.4, -0.2) is 12.6 Å². The van der Waals surface area contributed by atoms with Crippen molar-refractivity contribution < 1.29 is 9.53 Å². The van der Waals surface area contributed by atoms with Gasteiger partial charge in [-0.1, -0.05) is 15.9 Å². The Morgan fingerprint density at radius 3 is 2.69 bits per heavy atom. The molecule has 1 saturated carbocycles. The van der Waals surface area contributed by atoms with Crippen LogP contribution in [0.5, 0.6) is 0 Å². The highest BCUT2D eigenvalue weighted by Gasteiger charge is 2.29. The van der Waals surface area contributed by atoms with Gasteiger partial charge in [0.05, 0.1) is 13.2 Å². The minimum Gasteiger partial charge on any atom is -0.471 e. The van der Waals surface area contributed by atoms with Gasteiger partial charge in [-0.2, -0.15) is 0 Å². The minimum atomic E-state index is -0.517. The third kappa shape index (κ3) is 2.56. The van der Waals surface area contributed by atoms with Crippen LogP contribution in [0.3, 0.4) is 0 Å². The summed E-state index contributed by atoms with van der Waals surface area (Å²) in [6, 6.07) is 0. The lowest BCUT2D eigenvalue weighted by Gasteiger charge is -2.01. The van der Waals surface area contributed by atoms with E-state index in [1.54, 1.807) is 6.92 Å². The van der Waals surface area contributed by atoms with Crippen molar-refractivity contribution in [2.24, 2.45) is 5.92 Å². The van der Waals surface area contributed by atoms with Crippen LogP contribution in [0, 0.1) is 12.5 Å². The summed E-state index contributed by atoms with van der Waals surface area (Å²) in [5.74, 6) is -0.148. The first-order valence-electron chi connectivity index (χ1n) is 4.15. The molecule has 1 aliphatic carbocycles. The van der Waals surface area contributed by atoms with Crippen molar-refractivity contribution in [3.63, 3.8) is 0 Å². The quantitative estimate of drug-likeness (QED) is 0.433. The molecule has 1 fully saturated rings. The molecule has 70 valence electrons. The Morgan fingerprint density at radius 2 is 2.31 bits per heavy atom. The average Bonchev–Trinajstić information content (AvgIpc) is 2.88. The fourth-order valence-electron chi connectivity index (χ4n) is 0.926. The molecule has 0 unspecified atom stereocenters. The molecule has 0 saturated heterocycles. The zero-order valence-electron chi connectivity index (χ0n) is 7.34. The van der Waals surface area contributed by atoms with E-state index in [-0.39, 0.29) is 5.70 Å². The minimum absolute atomic E-state index is 0.101. The Morgan fingerprint density at radius 1 is 1.69 bits per heavy atom. The molecule has 0 radical (unpaired) electrons. The second-order valence-corrected chi connectivity index (χ2v) is 3.66. The van der Waals surface area contributed by atoms with E-state index in [1.165, 1.54) is 0 Å². The fourth-order valence-corrected chi connectivity index (χ4v) is 1.63. The van der Waals surface area contributed by atoms with E-state index in [2.05, 4.69) is 20.8 Å². The van der Waals surface area contributed by atoms with E-state index >= 15 is 0 Å². The van der Waals surface area contributed by atoms with Gasteiger partial charge in [-0.3, -0.25) is 4.79 Å². The summed E-state index contributed by atoms with van der Waals surface area (Å²) >= 11 is 3.27. The molecule has 0 spiro atoms. The molecular formula is C9H10BrNO2. The molecule has 1 rings (SSSR count). The molecule has 4 heteroatoms. The Balaban J connectivity index is 2.77. The molecule has 0 atom stereocenters. The van der Waals surface area contributed by atoms with Crippen LogP contribution in [-0.2, 0) is 9.53 Å². The van der Waals surface area contributed by atoms with Crippen molar-refractivity contribution in [3.8, 4) is 0 Å². The molecule has 0 heterocycles. The van der Waals surface area contributed by atoms with Gasteiger partial charge in [0.1, 0.15) is 0 Å². The first kappa shape index (κ1) is 10.3. The van der Waals surface area contributed by atoms with Crippen molar-refractivity contribution in [2.75, 3.05) is 6.61 Å². The van der Waals surface area contributed by atoms with E-state index in [0.717, 1.165) is 12.8 Å². The van der Waals surface area contributed by atoms with Crippen molar-refractivity contribution in [2.45, 2.75) is 19.8 Å². The van der Waals surface area contributed by atoms with E-state index in [1.807, 2.05) is 0 Å². The van der Waals surface area contributed by atoms with Crippen molar-refractivity contribution in [1.29, 1.82) is 0 Å². The van der Waals surface area contributed by atoms with Gasteiger partial charge in [0.2, 0.25) is 0 Å². The molecule has 0 aliphatic heterocycles. The number of ether oxygens (including phenoxy) is 1. The van der Waals surface area contributed by atoms with Gasteiger partial charge in [-0.15, -0.1) is 0 Å². The zero-order valence-corrected chi connectivity index (χ0v) is 8.93. The van der Waals surface area contributed by atoms with Gasteiger partial charge in [0, 0.05) is 4.48 Å². The van der Waals surface area contributed by atoms with Crippen molar-refractivity contribution in [1.82, 2.24) is 0 Å². The predicted molar refractivity (Wildman–Crippen MR) is 51.9 cm³/mol. The van der Waals surface area contributed by atoms with Crippen LogP contribution < -0.4 is 0 Å². The van der Waals surface area contributed by atoms with Crippen LogP contribution >= 0.6 is 15.9 Å². The number of allylic oxidation sites excluding steroid dienone is 1. The van der Waals surface area contributed by atoms with Crippen molar-refractivity contribution in [3.05, 3.63) is 21.6 Å². The average molecular weight is 244 g/mol. The molecule has 13 heavy (non-hydrogen) atoms. The Kier molecular flexibility index (Phi) is 3.49. The summed E-state index contributed by atoms with van der Waals surface area (Å²) in [6.45, 7) is 8.89. The molecular weight excluding hydrogens is 234 g/mol. The largest absolute Gasteiger partial charge is 0.471 e. The number of nitrogens with zero attached hydrogens (tertiary/aromatic N) is 1. The molecule has 0 N–H and O–H groups in total. The normalized spacial score (nSPS) is 17.3. The highest BCUT2D eigenvalue weighted by atomic mass is 79.9. The molecule has 0 aromatic rings. The van der Waals surface area contributed by atoms with Crippen LogP contribution in [0.4, 0.5) is 0 Å². The van der Waals surface area contributed by atoms with E-state index in [4.69, 9.17) is 11.3 Å². The van der Waals surface area contributed by atoms with Crippen LogP contribution in [0.2, 0.25) is 0 Å². The third-order valence-electron chi connectivity index (χ3n) is 1.74. The smallest absolute Gasteiger partial charge is 0.337 e. The standard InChI is InChI=1S/C9H10BrNO2/c1-3-13-9(12)8(11-2)7(10)6-4-5-6/h6H,3-5H2,1H3/b8-7-. The summed E-state index contributed by atoms with van der Waals surface area (Å²) < 4.78 is 5.46. The number of halogens is 1. The van der Waals surface area contributed by atoms with E-state index < -0.39 is 5.97 Å². The molecule has 3 nitrogen and oxygen atoms in total. The number of hydrogen-bond acceptors (Lipinski definition) is 2. The molecule has 1 aliphatic rings. The number of hydrogen-bond donors (Lipinski definition) is 0. The fraction of sp³-hybridized carbons (Fsp3) is 0.556. The zero-order chi connectivity index (χ0) is 9.84. The number of carbonyl (C=O) groups excluding carboxylic acids is 1. The van der Waals surface area contributed by atoms with Gasteiger partial charge in [-0.05, 0) is 25.7 Å². The lowest BCUT2D eigenvalue weighted by atomic mass is 10.3. The molecule has 0 amide bonds. The molecule has 0 aromatic carbocycles. The van der Waals surface area contributed by atoms with E-state index in [9.17, 15) is 4.79 Å². The number of carbonyl (C=O) groups is 1. The first-order valence-corrected chi connectivity index (χ1v) is 4.94. The van der Waals surface area contributed by atoms with Gasteiger partial charge in [0.15, 0.2) is 0 Å². The Bertz CT molecular complexity index is 286. The summed E-state index contributed by atoms with van der Waals surface area (Å²) in [7, 11) is 0. The SMILES string of the molecule is [C-]#[N+]/C(C(=O)OCC)=C(\Br)C1CC1. The van der Waals surface area contributed by atoms with Gasteiger partial charge >= 0.3 is 5.97 Å². The topological polar surface area (TPSA) is 30.7 Å². The maximum Gasteiger partial charge on any atom is 0.337 e. The maximum atomic E-state index is 11.2. The van der Waals surface area contributed by atoms with Gasteiger partial charge in [0.25, 0.3) is 5.70 Å². The molecule has 0 aromatic heterocycles. The second kappa shape index (κ2) is 4.43. The monoisotopic (exact) mass is 243 g/mol.